The van der Waals surface area contributed by atoms with Crippen LogP contribution in [-0.2, 0) is 0 Å². The van der Waals surface area contributed by atoms with Crippen molar-refractivity contribution in [1.82, 2.24) is 4.98 Å². The predicted molar refractivity (Wildman–Crippen MR) is 68.4 cm³/mol. The van der Waals surface area contributed by atoms with Crippen LogP contribution in [0.25, 0.3) is 0 Å². The lowest BCUT2D eigenvalue weighted by atomic mass is 10.1. The third-order valence-corrected chi connectivity index (χ3v) is 2.73. The Balaban J connectivity index is 2.20. The molecular formula is C13H13ClN2. The maximum absolute atomic E-state index is 5.77. The van der Waals surface area contributed by atoms with Gasteiger partial charge in [0.25, 0.3) is 0 Å². The van der Waals surface area contributed by atoms with Crippen LogP contribution in [0, 0.1) is 13.8 Å². The van der Waals surface area contributed by atoms with Crippen LogP contribution in [-0.4, -0.2) is 4.98 Å². The molecule has 0 saturated heterocycles. The number of aromatic nitrogens is 1. The molecule has 0 saturated carbocycles. The highest BCUT2D eigenvalue weighted by Crippen LogP contribution is 2.19. The highest BCUT2D eigenvalue weighted by molar-refractivity contribution is 6.30. The fourth-order valence-corrected chi connectivity index (χ4v) is 1.53. The van der Waals surface area contributed by atoms with Gasteiger partial charge in [-0.15, -0.1) is 0 Å². The molecule has 2 nitrogen and oxygen atoms in total. The van der Waals surface area contributed by atoms with Crippen molar-refractivity contribution in [3.63, 3.8) is 0 Å². The van der Waals surface area contributed by atoms with Crippen LogP contribution in [0.15, 0.2) is 36.5 Å². The van der Waals surface area contributed by atoms with Crippen LogP contribution in [0.2, 0.25) is 5.02 Å². The van der Waals surface area contributed by atoms with Crippen LogP contribution in [0.4, 0.5) is 11.5 Å². The van der Waals surface area contributed by atoms with Crippen molar-refractivity contribution < 1.29 is 0 Å². The van der Waals surface area contributed by atoms with Crippen molar-refractivity contribution >= 4 is 23.1 Å². The third kappa shape index (κ3) is 2.52. The van der Waals surface area contributed by atoms with Crippen LogP contribution >= 0.6 is 11.6 Å². The van der Waals surface area contributed by atoms with Crippen LogP contribution in [0.5, 0.6) is 0 Å². The van der Waals surface area contributed by atoms with Gasteiger partial charge in [-0.3, -0.25) is 0 Å². The Morgan fingerprint density at radius 2 is 1.88 bits per heavy atom. The van der Waals surface area contributed by atoms with Crippen LogP contribution in [0.1, 0.15) is 11.1 Å². The molecule has 0 atom stereocenters. The SMILES string of the molecule is Cc1ccc(Nc2ccc(Cl)cn2)cc1C. The van der Waals surface area contributed by atoms with E-state index >= 15 is 0 Å². The van der Waals surface area contributed by atoms with E-state index in [1.54, 1.807) is 6.20 Å². The normalized spacial score (nSPS) is 10.2. The van der Waals surface area contributed by atoms with Crippen molar-refractivity contribution in [1.29, 1.82) is 0 Å². The fourth-order valence-electron chi connectivity index (χ4n) is 1.42. The number of aryl methyl sites for hydroxylation is 2. The Morgan fingerprint density at radius 1 is 1.06 bits per heavy atom. The summed E-state index contributed by atoms with van der Waals surface area (Å²) in [5, 5.41) is 3.87. The first-order valence-corrected chi connectivity index (χ1v) is 5.49. The Labute approximate surface area is 100 Å². The van der Waals surface area contributed by atoms with Gasteiger partial charge in [-0.1, -0.05) is 17.7 Å². The maximum Gasteiger partial charge on any atom is 0.130 e. The lowest BCUT2D eigenvalue weighted by Crippen LogP contribution is -1.93. The monoisotopic (exact) mass is 232 g/mol. The zero-order valence-corrected chi connectivity index (χ0v) is 10.0. The van der Waals surface area contributed by atoms with Crippen molar-refractivity contribution in [2.24, 2.45) is 0 Å². The molecule has 0 aliphatic heterocycles. The number of rotatable bonds is 2. The number of pyridine rings is 1. The van der Waals surface area contributed by atoms with Gasteiger partial charge in [0.05, 0.1) is 5.02 Å². The summed E-state index contributed by atoms with van der Waals surface area (Å²) in [6.07, 6.45) is 1.63. The summed E-state index contributed by atoms with van der Waals surface area (Å²) in [5.41, 5.74) is 3.59. The number of anilines is 2. The molecule has 0 aliphatic carbocycles. The number of halogens is 1. The minimum atomic E-state index is 0.644. The topological polar surface area (TPSA) is 24.9 Å². The van der Waals surface area contributed by atoms with Crippen LogP contribution < -0.4 is 5.32 Å². The molecule has 1 N–H and O–H groups in total. The number of benzene rings is 1. The smallest absolute Gasteiger partial charge is 0.130 e. The molecule has 2 rings (SSSR count). The summed E-state index contributed by atoms with van der Waals surface area (Å²) >= 11 is 5.77. The average Bonchev–Trinajstić information content (AvgIpc) is 2.27. The quantitative estimate of drug-likeness (QED) is 0.844. The lowest BCUT2D eigenvalue weighted by Gasteiger charge is -2.07. The van der Waals surface area contributed by atoms with Gasteiger partial charge in [-0.2, -0.15) is 0 Å². The van der Waals surface area contributed by atoms with E-state index in [4.69, 9.17) is 11.6 Å². The largest absolute Gasteiger partial charge is 0.340 e. The zero-order valence-electron chi connectivity index (χ0n) is 9.29. The molecule has 1 aromatic heterocycles. The van der Waals surface area contributed by atoms with Gasteiger partial charge in [-0.25, -0.2) is 4.98 Å². The molecule has 82 valence electrons. The van der Waals surface area contributed by atoms with Gasteiger partial charge < -0.3 is 5.32 Å². The number of nitrogens with one attached hydrogen (secondary N) is 1. The second kappa shape index (κ2) is 4.54. The Hall–Kier alpha value is -1.54. The summed E-state index contributed by atoms with van der Waals surface area (Å²) in [6.45, 7) is 4.19. The van der Waals surface area contributed by atoms with Crippen molar-refractivity contribution in [2.75, 3.05) is 5.32 Å². The number of hydrogen-bond acceptors (Lipinski definition) is 2. The van der Waals surface area contributed by atoms with E-state index in [0.717, 1.165) is 11.5 Å². The molecule has 1 heterocycles. The Bertz CT molecular complexity index is 492. The summed E-state index contributed by atoms with van der Waals surface area (Å²) < 4.78 is 0. The first kappa shape index (κ1) is 11.0. The minimum absolute atomic E-state index is 0.644. The molecule has 0 radical (unpaired) electrons. The molecule has 0 fully saturated rings. The van der Waals surface area contributed by atoms with Crippen LogP contribution in [0.3, 0.4) is 0 Å². The molecule has 3 heteroatoms. The first-order chi connectivity index (χ1) is 7.65. The summed E-state index contributed by atoms with van der Waals surface area (Å²) in [5.74, 6) is 0.799. The molecule has 0 amide bonds. The van der Waals surface area contributed by atoms with E-state index in [1.165, 1.54) is 11.1 Å². The van der Waals surface area contributed by atoms with E-state index in [-0.39, 0.29) is 0 Å². The average molecular weight is 233 g/mol. The minimum Gasteiger partial charge on any atom is -0.340 e. The second-order valence-corrected chi connectivity index (χ2v) is 4.22. The Morgan fingerprint density at radius 3 is 2.50 bits per heavy atom. The van der Waals surface area contributed by atoms with Gasteiger partial charge in [0.2, 0.25) is 0 Å². The van der Waals surface area contributed by atoms with Gasteiger partial charge in [-0.05, 0) is 49.2 Å². The van der Waals surface area contributed by atoms with Crippen molar-refractivity contribution in [2.45, 2.75) is 13.8 Å². The molecule has 0 unspecified atom stereocenters. The van der Waals surface area contributed by atoms with Gasteiger partial charge in [0, 0.05) is 11.9 Å². The lowest BCUT2D eigenvalue weighted by molar-refractivity contribution is 1.29. The molecular weight excluding hydrogens is 220 g/mol. The first-order valence-electron chi connectivity index (χ1n) is 5.11. The maximum atomic E-state index is 5.77. The standard InChI is InChI=1S/C13H13ClN2/c1-9-3-5-12(7-10(9)2)16-13-6-4-11(14)8-15-13/h3-8H,1-2H3,(H,15,16). The molecule has 0 bridgehead atoms. The summed E-state index contributed by atoms with van der Waals surface area (Å²) in [7, 11) is 0. The third-order valence-electron chi connectivity index (χ3n) is 2.51. The fraction of sp³-hybridized carbons (Fsp3) is 0.154. The number of hydrogen-bond donors (Lipinski definition) is 1. The number of nitrogens with zero attached hydrogens (tertiary/aromatic N) is 1. The molecule has 0 spiro atoms. The second-order valence-electron chi connectivity index (χ2n) is 3.79. The molecule has 0 aliphatic rings. The van der Waals surface area contributed by atoms with E-state index in [2.05, 4.69) is 36.3 Å². The predicted octanol–water partition coefficient (Wildman–Crippen LogP) is 4.10. The summed E-state index contributed by atoms with van der Waals surface area (Å²) in [6, 6.07) is 9.91. The van der Waals surface area contributed by atoms with Gasteiger partial charge in [0.1, 0.15) is 5.82 Å². The molecule has 16 heavy (non-hydrogen) atoms. The van der Waals surface area contributed by atoms with Gasteiger partial charge >= 0.3 is 0 Å². The Kier molecular flexibility index (Phi) is 3.11. The zero-order chi connectivity index (χ0) is 11.5. The van der Waals surface area contributed by atoms with E-state index in [1.807, 2.05) is 18.2 Å². The molecule has 1 aromatic carbocycles. The van der Waals surface area contributed by atoms with E-state index < -0.39 is 0 Å². The van der Waals surface area contributed by atoms with Gasteiger partial charge in [0.15, 0.2) is 0 Å². The summed E-state index contributed by atoms with van der Waals surface area (Å²) in [4.78, 5) is 4.18. The highest BCUT2D eigenvalue weighted by Gasteiger charge is 1.98. The van der Waals surface area contributed by atoms with E-state index in [9.17, 15) is 0 Å². The van der Waals surface area contributed by atoms with Crippen molar-refractivity contribution in [3.8, 4) is 0 Å². The van der Waals surface area contributed by atoms with E-state index in [0.29, 0.717) is 5.02 Å². The van der Waals surface area contributed by atoms with Crippen molar-refractivity contribution in [3.05, 3.63) is 52.7 Å². The molecule has 2 aromatic rings. The highest BCUT2D eigenvalue weighted by atomic mass is 35.5.